The first-order chi connectivity index (χ1) is 12.7. The Morgan fingerprint density at radius 2 is 1.42 bits per heavy atom. The van der Waals surface area contributed by atoms with E-state index in [0.717, 1.165) is 51.7 Å². The van der Waals surface area contributed by atoms with Crippen molar-refractivity contribution in [1.82, 2.24) is 10.2 Å². The Morgan fingerprint density at radius 3 is 2.00 bits per heavy atom. The van der Waals surface area contributed by atoms with E-state index < -0.39 is 0 Å². The van der Waals surface area contributed by atoms with E-state index in [1.54, 1.807) is 0 Å². The van der Waals surface area contributed by atoms with Crippen molar-refractivity contribution in [3.8, 4) is 5.75 Å². The molecule has 140 valence electrons. The van der Waals surface area contributed by atoms with E-state index in [1.165, 1.54) is 16.7 Å². The summed E-state index contributed by atoms with van der Waals surface area (Å²) in [5.41, 5.74) is 3.96. The predicted octanol–water partition coefficient (Wildman–Crippen LogP) is 3.60. The number of morpholine rings is 1. The summed E-state index contributed by atoms with van der Waals surface area (Å²) >= 11 is 0. The Hall–Kier alpha value is -1.88. The van der Waals surface area contributed by atoms with Crippen LogP contribution in [0.25, 0.3) is 0 Å². The third-order valence-electron chi connectivity index (χ3n) is 4.49. The van der Waals surface area contributed by atoms with E-state index in [9.17, 15) is 0 Å². The van der Waals surface area contributed by atoms with Crippen LogP contribution in [0.4, 0.5) is 0 Å². The monoisotopic (exact) mass is 354 g/mol. The summed E-state index contributed by atoms with van der Waals surface area (Å²) in [6.45, 7) is 10.6. The Morgan fingerprint density at radius 1 is 0.885 bits per heavy atom. The molecule has 0 unspecified atom stereocenters. The van der Waals surface area contributed by atoms with Gasteiger partial charge in [0.05, 0.1) is 19.3 Å². The van der Waals surface area contributed by atoms with Crippen molar-refractivity contribution in [3.05, 3.63) is 65.2 Å². The van der Waals surface area contributed by atoms with Gasteiger partial charge in [-0.3, -0.25) is 4.90 Å². The van der Waals surface area contributed by atoms with Gasteiger partial charge >= 0.3 is 0 Å². The largest absolute Gasteiger partial charge is 0.491 e. The summed E-state index contributed by atoms with van der Waals surface area (Å²) in [6.07, 6.45) is 0.213. The Labute approximate surface area is 157 Å². The molecule has 2 aromatic rings. The fourth-order valence-corrected chi connectivity index (χ4v) is 3.09. The van der Waals surface area contributed by atoms with E-state index in [1.807, 2.05) is 26.0 Å². The average molecular weight is 354 g/mol. The molecular weight excluding hydrogens is 324 g/mol. The molecule has 1 heterocycles. The average Bonchev–Trinajstić information content (AvgIpc) is 2.65. The van der Waals surface area contributed by atoms with Crippen LogP contribution in [0.5, 0.6) is 5.75 Å². The van der Waals surface area contributed by atoms with Gasteiger partial charge in [-0.2, -0.15) is 0 Å². The van der Waals surface area contributed by atoms with E-state index in [0.29, 0.717) is 0 Å². The van der Waals surface area contributed by atoms with Crippen molar-refractivity contribution in [2.24, 2.45) is 0 Å². The summed E-state index contributed by atoms with van der Waals surface area (Å²) in [7, 11) is 0. The molecule has 1 N–H and O–H groups in total. The first-order valence-corrected chi connectivity index (χ1v) is 9.53. The van der Waals surface area contributed by atoms with E-state index >= 15 is 0 Å². The highest BCUT2D eigenvalue weighted by Crippen LogP contribution is 2.14. The SMILES string of the molecule is CC(C)Oc1ccc(CNCc2ccc(CN3CCOCC3)cc2)cc1. The van der Waals surface area contributed by atoms with Crippen LogP contribution >= 0.6 is 0 Å². The summed E-state index contributed by atoms with van der Waals surface area (Å²) in [5.74, 6) is 0.930. The fourth-order valence-electron chi connectivity index (χ4n) is 3.09. The Balaban J connectivity index is 1.41. The van der Waals surface area contributed by atoms with Crippen LogP contribution in [0.3, 0.4) is 0 Å². The zero-order valence-corrected chi connectivity index (χ0v) is 15.9. The van der Waals surface area contributed by atoms with Crippen LogP contribution in [0.2, 0.25) is 0 Å². The molecule has 1 fully saturated rings. The third-order valence-corrected chi connectivity index (χ3v) is 4.49. The summed E-state index contributed by atoms with van der Waals surface area (Å²) in [4.78, 5) is 2.45. The van der Waals surface area contributed by atoms with Crippen molar-refractivity contribution in [1.29, 1.82) is 0 Å². The standard InChI is InChI=1S/C22H30N2O2/c1-18(2)26-22-9-7-20(8-10-22)16-23-15-19-3-5-21(6-4-19)17-24-11-13-25-14-12-24/h3-10,18,23H,11-17H2,1-2H3. The van der Waals surface area contributed by atoms with Gasteiger partial charge in [-0.05, 0) is 42.7 Å². The molecule has 0 aliphatic carbocycles. The number of ether oxygens (including phenoxy) is 2. The minimum atomic E-state index is 0.213. The highest BCUT2D eigenvalue weighted by Gasteiger charge is 2.10. The first kappa shape index (κ1) is 18.9. The Kier molecular flexibility index (Phi) is 7.06. The van der Waals surface area contributed by atoms with Crippen LogP contribution in [0.15, 0.2) is 48.5 Å². The summed E-state index contributed by atoms with van der Waals surface area (Å²) in [5, 5.41) is 3.51. The second-order valence-corrected chi connectivity index (χ2v) is 7.12. The van der Waals surface area contributed by atoms with E-state index in [4.69, 9.17) is 9.47 Å². The number of rotatable bonds is 8. The molecular formula is C22H30N2O2. The predicted molar refractivity (Wildman–Crippen MR) is 105 cm³/mol. The van der Waals surface area contributed by atoms with Gasteiger partial charge in [0.2, 0.25) is 0 Å². The highest BCUT2D eigenvalue weighted by molar-refractivity contribution is 5.27. The molecule has 4 heteroatoms. The molecule has 1 saturated heterocycles. The number of nitrogens with zero attached hydrogens (tertiary/aromatic N) is 1. The van der Waals surface area contributed by atoms with Gasteiger partial charge in [-0.1, -0.05) is 36.4 Å². The highest BCUT2D eigenvalue weighted by atomic mass is 16.5. The lowest BCUT2D eigenvalue weighted by atomic mass is 10.1. The van der Waals surface area contributed by atoms with Crippen LogP contribution < -0.4 is 10.1 Å². The maximum atomic E-state index is 5.68. The summed E-state index contributed by atoms with van der Waals surface area (Å²) in [6, 6.07) is 17.3. The number of hydrogen-bond donors (Lipinski definition) is 1. The number of benzene rings is 2. The molecule has 0 amide bonds. The fraction of sp³-hybridized carbons (Fsp3) is 0.455. The van der Waals surface area contributed by atoms with Gasteiger partial charge in [0, 0.05) is 32.7 Å². The number of hydrogen-bond acceptors (Lipinski definition) is 4. The van der Waals surface area contributed by atoms with Crippen molar-refractivity contribution in [2.45, 2.75) is 39.6 Å². The topological polar surface area (TPSA) is 33.7 Å². The molecule has 0 aromatic heterocycles. The Bertz CT molecular complexity index is 647. The van der Waals surface area contributed by atoms with Crippen molar-refractivity contribution >= 4 is 0 Å². The maximum Gasteiger partial charge on any atom is 0.119 e. The smallest absolute Gasteiger partial charge is 0.119 e. The van der Waals surface area contributed by atoms with Gasteiger partial charge in [0.25, 0.3) is 0 Å². The normalized spacial score (nSPS) is 15.3. The quantitative estimate of drug-likeness (QED) is 0.785. The molecule has 1 aliphatic heterocycles. The van der Waals surface area contributed by atoms with Gasteiger partial charge < -0.3 is 14.8 Å². The molecule has 0 bridgehead atoms. The molecule has 0 saturated carbocycles. The zero-order valence-electron chi connectivity index (χ0n) is 15.9. The summed E-state index contributed by atoms with van der Waals surface area (Å²) < 4.78 is 11.1. The minimum Gasteiger partial charge on any atom is -0.491 e. The van der Waals surface area contributed by atoms with Crippen molar-refractivity contribution in [3.63, 3.8) is 0 Å². The molecule has 0 atom stereocenters. The van der Waals surface area contributed by atoms with E-state index in [-0.39, 0.29) is 6.10 Å². The minimum absolute atomic E-state index is 0.213. The zero-order chi connectivity index (χ0) is 18.2. The molecule has 2 aromatic carbocycles. The molecule has 0 radical (unpaired) electrons. The van der Waals surface area contributed by atoms with Crippen molar-refractivity contribution < 1.29 is 9.47 Å². The lowest BCUT2D eigenvalue weighted by Gasteiger charge is -2.26. The molecule has 0 spiro atoms. The van der Waals surface area contributed by atoms with Crippen LogP contribution in [-0.4, -0.2) is 37.3 Å². The lowest BCUT2D eigenvalue weighted by Crippen LogP contribution is -2.35. The second-order valence-electron chi connectivity index (χ2n) is 7.12. The first-order valence-electron chi connectivity index (χ1n) is 9.53. The van der Waals surface area contributed by atoms with Gasteiger partial charge in [-0.15, -0.1) is 0 Å². The van der Waals surface area contributed by atoms with Crippen LogP contribution in [0.1, 0.15) is 30.5 Å². The van der Waals surface area contributed by atoms with Gasteiger partial charge in [-0.25, -0.2) is 0 Å². The lowest BCUT2D eigenvalue weighted by molar-refractivity contribution is 0.0342. The maximum absolute atomic E-state index is 5.68. The molecule has 3 rings (SSSR count). The van der Waals surface area contributed by atoms with Crippen molar-refractivity contribution in [2.75, 3.05) is 26.3 Å². The second kappa shape index (κ2) is 9.72. The molecule has 26 heavy (non-hydrogen) atoms. The molecule has 1 aliphatic rings. The number of nitrogens with one attached hydrogen (secondary N) is 1. The van der Waals surface area contributed by atoms with E-state index in [2.05, 4.69) is 46.6 Å². The van der Waals surface area contributed by atoms with Crippen LogP contribution in [-0.2, 0) is 24.4 Å². The van der Waals surface area contributed by atoms with Crippen LogP contribution in [0, 0.1) is 0 Å². The molecule has 4 nitrogen and oxygen atoms in total. The van der Waals surface area contributed by atoms with Gasteiger partial charge in [0.1, 0.15) is 5.75 Å². The third kappa shape index (κ3) is 6.13. The van der Waals surface area contributed by atoms with Gasteiger partial charge in [0.15, 0.2) is 0 Å².